The molecule has 150 valence electrons. The van der Waals surface area contributed by atoms with Crippen molar-refractivity contribution < 1.29 is 4.79 Å². The zero-order chi connectivity index (χ0) is 19.4. The number of carbonyl (C=O) groups is 1. The third-order valence-electron chi connectivity index (χ3n) is 7.92. The molecule has 4 heteroatoms. The lowest BCUT2D eigenvalue weighted by atomic mass is 9.66. The largest absolute Gasteiger partial charge is 0.355 e. The van der Waals surface area contributed by atoms with Crippen LogP contribution in [0.1, 0.15) is 70.1 Å². The van der Waals surface area contributed by atoms with Crippen LogP contribution in [0, 0.1) is 5.41 Å². The predicted molar refractivity (Wildman–Crippen MR) is 113 cm³/mol. The van der Waals surface area contributed by atoms with E-state index in [1.807, 2.05) is 0 Å². The number of nitrogens with zero attached hydrogens (tertiary/aromatic N) is 2. The average molecular weight is 380 g/mol. The number of benzene rings is 1. The summed E-state index contributed by atoms with van der Waals surface area (Å²) in [6, 6.07) is 8.73. The Morgan fingerprint density at radius 1 is 1.14 bits per heavy atom. The molecule has 0 radical (unpaired) electrons. The number of unbranched alkanes of at least 4 members (excludes halogenated alkanes) is 1. The molecule has 1 amide bonds. The smallest absolute Gasteiger partial charge is 0.225 e. The summed E-state index contributed by atoms with van der Waals surface area (Å²) in [4.78, 5) is 22.3. The van der Waals surface area contributed by atoms with Gasteiger partial charge < -0.3 is 9.88 Å². The fraction of sp³-hybridized carbons (Fsp3) is 0.625. The van der Waals surface area contributed by atoms with Crippen LogP contribution in [0.25, 0.3) is 10.9 Å². The quantitative estimate of drug-likeness (QED) is 0.829. The summed E-state index contributed by atoms with van der Waals surface area (Å²) >= 11 is 0. The molecule has 1 aromatic heterocycles. The Balaban J connectivity index is 1.81. The number of likely N-dealkylation sites (tertiary alicyclic amines) is 1. The first-order valence-corrected chi connectivity index (χ1v) is 11.3. The molecular formula is C24H33N3O. The van der Waals surface area contributed by atoms with Gasteiger partial charge in [0.2, 0.25) is 5.91 Å². The number of hydrogen-bond donors (Lipinski definition) is 1. The Labute approximate surface area is 168 Å². The fourth-order valence-corrected chi connectivity index (χ4v) is 6.66. The summed E-state index contributed by atoms with van der Waals surface area (Å²) in [5, 5.41) is 1.36. The highest BCUT2D eigenvalue weighted by atomic mass is 16.2. The van der Waals surface area contributed by atoms with Gasteiger partial charge in [0, 0.05) is 42.4 Å². The molecule has 5 rings (SSSR count). The summed E-state index contributed by atoms with van der Waals surface area (Å²) in [6.45, 7) is 7.59. The van der Waals surface area contributed by atoms with E-state index in [9.17, 15) is 4.79 Å². The van der Waals surface area contributed by atoms with Gasteiger partial charge in [0.05, 0.1) is 5.69 Å². The molecule has 3 aliphatic rings. The van der Waals surface area contributed by atoms with E-state index < -0.39 is 0 Å². The Morgan fingerprint density at radius 2 is 2.00 bits per heavy atom. The number of para-hydroxylation sites is 1. The minimum absolute atomic E-state index is 0.0182. The van der Waals surface area contributed by atoms with E-state index in [2.05, 4.69) is 52.9 Å². The van der Waals surface area contributed by atoms with Crippen molar-refractivity contribution in [2.24, 2.45) is 5.41 Å². The molecule has 0 saturated carbocycles. The zero-order valence-corrected chi connectivity index (χ0v) is 17.4. The van der Waals surface area contributed by atoms with E-state index in [4.69, 9.17) is 0 Å². The highest BCUT2D eigenvalue weighted by Gasteiger charge is 2.67. The molecule has 1 spiro atoms. The normalized spacial score (nSPS) is 30.2. The fourth-order valence-electron chi connectivity index (χ4n) is 6.66. The van der Waals surface area contributed by atoms with Crippen molar-refractivity contribution in [3.63, 3.8) is 0 Å². The van der Waals surface area contributed by atoms with Crippen LogP contribution in [-0.4, -0.2) is 40.3 Å². The Kier molecular flexibility index (Phi) is 4.31. The topological polar surface area (TPSA) is 39.3 Å². The van der Waals surface area contributed by atoms with Gasteiger partial charge in [-0.3, -0.25) is 9.69 Å². The van der Waals surface area contributed by atoms with Gasteiger partial charge in [-0.25, -0.2) is 0 Å². The van der Waals surface area contributed by atoms with Crippen LogP contribution >= 0.6 is 0 Å². The molecule has 0 aliphatic carbocycles. The Morgan fingerprint density at radius 3 is 2.82 bits per heavy atom. The number of H-pyrrole nitrogens is 1. The molecule has 3 aliphatic heterocycles. The van der Waals surface area contributed by atoms with E-state index in [-0.39, 0.29) is 11.1 Å². The van der Waals surface area contributed by atoms with E-state index in [0.29, 0.717) is 12.3 Å². The number of aromatic nitrogens is 1. The summed E-state index contributed by atoms with van der Waals surface area (Å²) in [5.41, 5.74) is 3.77. The minimum Gasteiger partial charge on any atom is -0.355 e. The van der Waals surface area contributed by atoms with Crippen LogP contribution in [0.3, 0.4) is 0 Å². The van der Waals surface area contributed by atoms with Crippen LogP contribution in [0.2, 0.25) is 0 Å². The van der Waals surface area contributed by atoms with Gasteiger partial charge in [0.1, 0.15) is 5.66 Å². The Bertz CT molecular complexity index is 902. The third kappa shape index (κ3) is 2.18. The van der Waals surface area contributed by atoms with Gasteiger partial charge in [-0.2, -0.15) is 0 Å². The maximum Gasteiger partial charge on any atom is 0.225 e. The lowest BCUT2D eigenvalue weighted by Gasteiger charge is -2.56. The lowest BCUT2D eigenvalue weighted by Crippen LogP contribution is -2.64. The monoisotopic (exact) mass is 379 g/mol. The van der Waals surface area contributed by atoms with Crippen LogP contribution in [0.4, 0.5) is 0 Å². The molecule has 0 unspecified atom stereocenters. The van der Waals surface area contributed by atoms with E-state index in [1.54, 1.807) is 0 Å². The first-order valence-electron chi connectivity index (χ1n) is 11.3. The van der Waals surface area contributed by atoms with Gasteiger partial charge in [-0.1, -0.05) is 44.9 Å². The molecule has 1 aromatic carbocycles. The van der Waals surface area contributed by atoms with Crippen LogP contribution in [0.5, 0.6) is 0 Å². The van der Waals surface area contributed by atoms with E-state index in [1.165, 1.54) is 35.0 Å². The maximum absolute atomic E-state index is 13.5. The van der Waals surface area contributed by atoms with Gasteiger partial charge in [-0.15, -0.1) is 0 Å². The zero-order valence-electron chi connectivity index (χ0n) is 17.4. The predicted octanol–water partition coefficient (Wildman–Crippen LogP) is 4.79. The lowest BCUT2D eigenvalue weighted by molar-refractivity contribution is -0.149. The molecule has 2 atom stereocenters. The SMILES string of the molecule is CCCCN1C(=O)C[C@]2(CC)CCCCN3CCc4c([nH]c5ccccc45)[C@@]312. The van der Waals surface area contributed by atoms with Crippen molar-refractivity contribution in [3.8, 4) is 0 Å². The number of amides is 1. The van der Waals surface area contributed by atoms with Crippen LogP contribution in [0.15, 0.2) is 24.3 Å². The number of carbonyl (C=O) groups excluding carboxylic acids is 1. The van der Waals surface area contributed by atoms with Crippen molar-refractivity contribution >= 4 is 16.8 Å². The van der Waals surface area contributed by atoms with Gasteiger partial charge in [0.25, 0.3) is 0 Å². The van der Waals surface area contributed by atoms with Crippen molar-refractivity contribution in [2.75, 3.05) is 19.6 Å². The molecule has 2 aromatic rings. The first-order chi connectivity index (χ1) is 13.7. The van der Waals surface area contributed by atoms with Crippen LogP contribution in [-0.2, 0) is 16.9 Å². The van der Waals surface area contributed by atoms with Crippen molar-refractivity contribution in [1.29, 1.82) is 0 Å². The number of fused-ring (bicyclic) bond motifs is 3. The maximum atomic E-state index is 13.5. The van der Waals surface area contributed by atoms with Crippen molar-refractivity contribution in [1.82, 2.24) is 14.8 Å². The van der Waals surface area contributed by atoms with Gasteiger partial charge >= 0.3 is 0 Å². The molecule has 2 saturated heterocycles. The second-order valence-electron chi connectivity index (χ2n) is 9.10. The number of nitrogens with one attached hydrogen (secondary N) is 1. The molecule has 0 bridgehead atoms. The number of aromatic amines is 1. The van der Waals surface area contributed by atoms with Gasteiger partial charge in [-0.05, 0) is 43.7 Å². The molecular weight excluding hydrogens is 346 g/mol. The number of rotatable bonds is 4. The molecule has 4 heterocycles. The average Bonchev–Trinajstić information content (AvgIpc) is 3.14. The number of hydrogen-bond acceptors (Lipinski definition) is 2. The Hall–Kier alpha value is -1.81. The molecule has 1 N–H and O–H groups in total. The second kappa shape index (κ2) is 6.62. The summed E-state index contributed by atoms with van der Waals surface area (Å²) in [6.07, 6.45) is 8.69. The molecule has 4 nitrogen and oxygen atoms in total. The summed E-state index contributed by atoms with van der Waals surface area (Å²) < 4.78 is 0. The first kappa shape index (κ1) is 18.2. The van der Waals surface area contributed by atoms with E-state index in [0.717, 1.165) is 51.7 Å². The summed E-state index contributed by atoms with van der Waals surface area (Å²) in [5.74, 6) is 0.369. The molecule has 2 fully saturated rings. The third-order valence-corrected chi connectivity index (χ3v) is 7.92. The van der Waals surface area contributed by atoms with Crippen molar-refractivity contribution in [3.05, 3.63) is 35.5 Å². The summed E-state index contributed by atoms with van der Waals surface area (Å²) in [7, 11) is 0. The highest BCUT2D eigenvalue weighted by Crippen LogP contribution is 2.62. The minimum atomic E-state index is -0.281. The van der Waals surface area contributed by atoms with Crippen LogP contribution < -0.4 is 0 Å². The second-order valence-corrected chi connectivity index (χ2v) is 9.10. The van der Waals surface area contributed by atoms with E-state index >= 15 is 0 Å². The highest BCUT2D eigenvalue weighted by molar-refractivity contribution is 5.87. The standard InChI is InChI=1S/C24H33N3O/c1-3-5-15-27-21(28)17-23(4-2)13-8-9-14-26-16-12-19-18-10-6-7-11-20(18)25-22(19)24(23,26)27/h6-7,10-11,25H,3-5,8-9,12-17H2,1-2H3/t23-,24+/m0/s1. The molecule has 28 heavy (non-hydrogen) atoms. The van der Waals surface area contributed by atoms with Crippen molar-refractivity contribution in [2.45, 2.75) is 70.9 Å². The van der Waals surface area contributed by atoms with Gasteiger partial charge in [0.15, 0.2) is 0 Å².